The van der Waals surface area contributed by atoms with E-state index in [2.05, 4.69) is 16.5 Å². The van der Waals surface area contributed by atoms with Gasteiger partial charge in [-0.05, 0) is 42.2 Å². The van der Waals surface area contributed by atoms with Gasteiger partial charge in [0.2, 0.25) is 11.8 Å². The molecule has 5 nitrogen and oxygen atoms in total. The Labute approximate surface area is 155 Å². The summed E-state index contributed by atoms with van der Waals surface area (Å²) in [5.74, 6) is 2.91. The van der Waals surface area contributed by atoms with Crippen LogP contribution in [0.2, 0.25) is 0 Å². The van der Waals surface area contributed by atoms with Gasteiger partial charge in [-0.3, -0.25) is 0 Å². The van der Waals surface area contributed by atoms with Crippen molar-refractivity contribution in [3.63, 3.8) is 0 Å². The first-order chi connectivity index (χ1) is 12.7. The Morgan fingerprint density at radius 2 is 1.85 bits per heavy atom. The summed E-state index contributed by atoms with van der Waals surface area (Å²) in [4.78, 5) is 0. The fourth-order valence-electron chi connectivity index (χ4n) is 2.77. The van der Waals surface area contributed by atoms with E-state index >= 15 is 0 Å². The number of hydrogen-bond donors (Lipinski definition) is 0. The van der Waals surface area contributed by atoms with Crippen molar-refractivity contribution in [2.75, 3.05) is 18.6 Å². The van der Waals surface area contributed by atoms with Crippen LogP contribution in [0.3, 0.4) is 0 Å². The van der Waals surface area contributed by atoms with Crippen molar-refractivity contribution >= 4 is 22.7 Å². The van der Waals surface area contributed by atoms with E-state index in [0.29, 0.717) is 18.4 Å². The van der Waals surface area contributed by atoms with Crippen molar-refractivity contribution < 1.29 is 13.6 Å². The summed E-state index contributed by atoms with van der Waals surface area (Å²) in [5, 5.41) is 9.00. The second kappa shape index (κ2) is 7.25. The molecule has 4 rings (SSSR count). The number of ether oxygens (including phenoxy) is 1. The van der Waals surface area contributed by atoms with Gasteiger partial charge in [0, 0.05) is 29.2 Å². The van der Waals surface area contributed by atoms with Crippen LogP contribution in [0.25, 0.3) is 33.6 Å². The van der Waals surface area contributed by atoms with Crippen molar-refractivity contribution in [2.45, 2.75) is 6.92 Å². The maximum atomic E-state index is 5.71. The molecule has 4 aromatic rings. The van der Waals surface area contributed by atoms with Crippen LogP contribution in [0.4, 0.5) is 0 Å². The van der Waals surface area contributed by atoms with E-state index in [4.69, 9.17) is 13.6 Å². The van der Waals surface area contributed by atoms with Gasteiger partial charge in [0.25, 0.3) is 0 Å². The first-order valence-corrected chi connectivity index (χ1v) is 9.68. The second-order valence-electron chi connectivity index (χ2n) is 5.85. The third-order valence-electron chi connectivity index (χ3n) is 4.07. The number of nitrogens with zero attached hydrogens (tertiary/aromatic N) is 2. The van der Waals surface area contributed by atoms with E-state index in [9.17, 15) is 0 Å². The van der Waals surface area contributed by atoms with Gasteiger partial charge < -0.3 is 13.6 Å². The van der Waals surface area contributed by atoms with Crippen molar-refractivity contribution in [2.24, 2.45) is 0 Å². The van der Waals surface area contributed by atoms with Gasteiger partial charge in [-0.1, -0.05) is 12.1 Å². The second-order valence-corrected chi connectivity index (χ2v) is 6.84. The number of hydrogen-bond acceptors (Lipinski definition) is 6. The minimum atomic E-state index is 0.508. The lowest BCUT2D eigenvalue weighted by Crippen LogP contribution is -1.99. The smallest absolute Gasteiger partial charge is 0.247 e. The number of benzene rings is 2. The SMILES string of the molecule is CSCCOc1ccc(-c2coc3ccc(-c4nnc(C)o4)cc23)cc1. The zero-order valence-corrected chi connectivity index (χ0v) is 15.4. The third-order valence-corrected chi connectivity index (χ3v) is 4.64. The molecule has 0 spiro atoms. The predicted octanol–water partition coefficient (Wildman–Crippen LogP) is 5.20. The lowest BCUT2D eigenvalue weighted by molar-refractivity contribution is 0.344. The van der Waals surface area contributed by atoms with Crippen LogP contribution in [0.1, 0.15) is 5.89 Å². The molecule has 0 bridgehead atoms. The molecule has 2 heterocycles. The Morgan fingerprint density at radius 3 is 2.58 bits per heavy atom. The van der Waals surface area contributed by atoms with E-state index in [1.54, 1.807) is 24.9 Å². The highest BCUT2D eigenvalue weighted by Crippen LogP contribution is 2.34. The molecule has 0 aliphatic heterocycles. The number of thioether (sulfide) groups is 1. The van der Waals surface area contributed by atoms with Gasteiger partial charge in [-0.25, -0.2) is 0 Å². The quantitative estimate of drug-likeness (QED) is 0.437. The standard InChI is InChI=1S/C20H18N2O3S/c1-13-21-22-20(25-13)15-5-8-19-17(11-15)18(12-24-19)14-3-6-16(7-4-14)23-9-10-26-2/h3-8,11-12H,9-10H2,1-2H3. The molecule has 26 heavy (non-hydrogen) atoms. The maximum Gasteiger partial charge on any atom is 0.247 e. The molecule has 2 aromatic heterocycles. The first-order valence-electron chi connectivity index (χ1n) is 8.28. The molecule has 2 aromatic carbocycles. The van der Waals surface area contributed by atoms with Crippen molar-refractivity contribution in [3.05, 3.63) is 54.6 Å². The molecule has 0 unspecified atom stereocenters. The number of aromatic nitrogens is 2. The number of aryl methyl sites for hydroxylation is 1. The largest absolute Gasteiger partial charge is 0.493 e. The predicted molar refractivity (Wildman–Crippen MR) is 104 cm³/mol. The topological polar surface area (TPSA) is 61.3 Å². The van der Waals surface area contributed by atoms with E-state index in [0.717, 1.165) is 39.2 Å². The summed E-state index contributed by atoms with van der Waals surface area (Å²) < 4.78 is 17.0. The average Bonchev–Trinajstić information content (AvgIpc) is 3.28. The highest BCUT2D eigenvalue weighted by atomic mass is 32.2. The summed E-state index contributed by atoms with van der Waals surface area (Å²) in [6.07, 6.45) is 3.84. The summed E-state index contributed by atoms with van der Waals surface area (Å²) in [6.45, 7) is 2.49. The van der Waals surface area contributed by atoms with Crippen LogP contribution in [0, 0.1) is 6.92 Å². The maximum absolute atomic E-state index is 5.71. The zero-order valence-electron chi connectivity index (χ0n) is 14.6. The molecule has 0 aliphatic rings. The molecule has 0 N–H and O–H groups in total. The van der Waals surface area contributed by atoms with E-state index in [1.165, 1.54) is 0 Å². The highest BCUT2D eigenvalue weighted by molar-refractivity contribution is 7.98. The van der Waals surface area contributed by atoms with E-state index in [1.807, 2.05) is 42.5 Å². The Kier molecular flexibility index (Phi) is 4.67. The molecule has 132 valence electrons. The molecule has 0 aliphatic carbocycles. The third kappa shape index (κ3) is 3.32. The van der Waals surface area contributed by atoms with Gasteiger partial charge in [0.1, 0.15) is 11.3 Å². The monoisotopic (exact) mass is 366 g/mol. The van der Waals surface area contributed by atoms with E-state index in [-0.39, 0.29) is 0 Å². The van der Waals surface area contributed by atoms with Gasteiger partial charge in [-0.15, -0.1) is 10.2 Å². The van der Waals surface area contributed by atoms with Crippen LogP contribution >= 0.6 is 11.8 Å². The molecular weight excluding hydrogens is 348 g/mol. The van der Waals surface area contributed by atoms with Crippen molar-refractivity contribution in [1.29, 1.82) is 0 Å². The van der Waals surface area contributed by atoms with Crippen LogP contribution in [-0.2, 0) is 0 Å². The Balaban J connectivity index is 1.66. The highest BCUT2D eigenvalue weighted by Gasteiger charge is 2.12. The van der Waals surface area contributed by atoms with Crippen molar-refractivity contribution in [3.8, 4) is 28.3 Å². The van der Waals surface area contributed by atoms with Crippen LogP contribution in [-0.4, -0.2) is 28.8 Å². The molecule has 0 atom stereocenters. The fourth-order valence-corrected chi connectivity index (χ4v) is 3.02. The number of fused-ring (bicyclic) bond motifs is 1. The van der Waals surface area contributed by atoms with Crippen LogP contribution < -0.4 is 4.74 Å². The number of rotatable bonds is 6. The summed E-state index contributed by atoms with van der Waals surface area (Å²) in [7, 11) is 0. The minimum Gasteiger partial charge on any atom is -0.493 e. The normalized spacial score (nSPS) is 11.2. The lowest BCUT2D eigenvalue weighted by Gasteiger charge is -2.06. The summed E-state index contributed by atoms with van der Waals surface area (Å²) in [5.41, 5.74) is 3.78. The molecule has 0 fully saturated rings. The number of furan rings is 1. The molecule has 0 amide bonds. The molecular formula is C20H18N2O3S. The molecule has 6 heteroatoms. The first kappa shape index (κ1) is 16.7. The molecule has 0 saturated heterocycles. The summed E-state index contributed by atoms with van der Waals surface area (Å²) >= 11 is 1.77. The lowest BCUT2D eigenvalue weighted by atomic mass is 10.0. The van der Waals surface area contributed by atoms with Gasteiger partial charge in [0.05, 0.1) is 12.9 Å². The Hall–Kier alpha value is -2.73. The van der Waals surface area contributed by atoms with E-state index < -0.39 is 0 Å². The van der Waals surface area contributed by atoms with Crippen molar-refractivity contribution in [1.82, 2.24) is 10.2 Å². The van der Waals surface area contributed by atoms with Crippen LogP contribution in [0.5, 0.6) is 5.75 Å². The van der Waals surface area contributed by atoms with Gasteiger partial charge in [-0.2, -0.15) is 11.8 Å². The summed E-state index contributed by atoms with van der Waals surface area (Å²) in [6, 6.07) is 13.9. The Bertz CT molecular complexity index is 1020. The zero-order chi connectivity index (χ0) is 17.9. The molecule has 0 saturated carbocycles. The average molecular weight is 366 g/mol. The Morgan fingerprint density at radius 1 is 1.04 bits per heavy atom. The van der Waals surface area contributed by atoms with Crippen LogP contribution in [0.15, 0.2) is 57.6 Å². The fraction of sp³-hybridized carbons (Fsp3) is 0.200. The van der Waals surface area contributed by atoms with Gasteiger partial charge >= 0.3 is 0 Å². The molecule has 0 radical (unpaired) electrons. The van der Waals surface area contributed by atoms with Gasteiger partial charge in [0.15, 0.2) is 0 Å². The minimum absolute atomic E-state index is 0.508.